The first-order valence-electron chi connectivity index (χ1n) is 10.3. The van der Waals surface area contributed by atoms with Gasteiger partial charge >= 0.3 is 6.18 Å². The molecule has 0 bridgehead atoms. The maximum Gasteiger partial charge on any atom is 0.417 e. The Morgan fingerprint density at radius 2 is 1.33 bits per heavy atom. The van der Waals surface area contributed by atoms with Crippen molar-refractivity contribution in [3.05, 3.63) is 129 Å². The molecule has 0 radical (unpaired) electrons. The van der Waals surface area contributed by atoms with E-state index in [-0.39, 0.29) is 12.2 Å². The van der Waals surface area contributed by atoms with Gasteiger partial charge in [-0.25, -0.2) is 0 Å². The van der Waals surface area contributed by atoms with Gasteiger partial charge in [0.1, 0.15) is 11.6 Å². The van der Waals surface area contributed by atoms with Gasteiger partial charge in [-0.2, -0.15) is 18.4 Å². The fraction of sp³-hybridized carbons (Fsp3) is 0.111. The third kappa shape index (κ3) is 4.88. The molecule has 1 heterocycles. The summed E-state index contributed by atoms with van der Waals surface area (Å²) in [5.74, 6) is 0. The van der Waals surface area contributed by atoms with E-state index in [1.165, 1.54) is 10.6 Å². The number of aromatic nitrogens is 1. The minimum Gasteiger partial charge on any atom is -0.303 e. The molecule has 0 aliphatic carbocycles. The molecule has 33 heavy (non-hydrogen) atoms. The van der Waals surface area contributed by atoms with Crippen molar-refractivity contribution in [2.45, 2.75) is 19.1 Å². The Labute approximate surface area is 189 Å². The topological polar surface area (TPSA) is 45.8 Å². The van der Waals surface area contributed by atoms with Crippen LogP contribution in [0.15, 0.2) is 95.8 Å². The van der Waals surface area contributed by atoms with Crippen LogP contribution in [0.3, 0.4) is 0 Å². The van der Waals surface area contributed by atoms with Crippen molar-refractivity contribution in [2.24, 2.45) is 0 Å². The summed E-state index contributed by atoms with van der Waals surface area (Å²) in [7, 11) is 0. The summed E-state index contributed by atoms with van der Waals surface area (Å²) in [4.78, 5) is 13.0. The third-order valence-corrected chi connectivity index (χ3v) is 5.40. The van der Waals surface area contributed by atoms with E-state index in [0.29, 0.717) is 12.0 Å². The number of nitrogens with zero attached hydrogens (tertiary/aromatic N) is 2. The number of rotatable bonds is 5. The zero-order valence-electron chi connectivity index (χ0n) is 17.5. The van der Waals surface area contributed by atoms with Crippen molar-refractivity contribution in [1.29, 1.82) is 5.26 Å². The summed E-state index contributed by atoms with van der Waals surface area (Å²) in [5, 5.41) is 9.33. The van der Waals surface area contributed by atoms with Crippen LogP contribution in [0, 0.1) is 11.3 Å². The van der Waals surface area contributed by atoms with E-state index < -0.39 is 22.9 Å². The number of benzene rings is 3. The molecule has 0 atom stereocenters. The molecular weight excluding hydrogens is 425 g/mol. The monoisotopic (exact) mass is 444 g/mol. The summed E-state index contributed by atoms with van der Waals surface area (Å²) < 4.78 is 42.3. The highest BCUT2D eigenvalue weighted by molar-refractivity contribution is 5.63. The van der Waals surface area contributed by atoms with Gasteiger partial charge in [-0.15, -0.1) is 0 Å². The van der Waals surface area contributed by atoms with E-state index in [9.17, 15) is 23.2 Å². The van der Waals surface area contributed by atoms with E-state index in [2.05, 4.69) is 0 Å². The van der Waals surface area contributed by atoms with Crippen LogP contribution in [0.2, 0.25) is 0 Å². The minimum atomic E-state index is -4.82. The summed E-state index contributed by atoms with van der Waals surface area (Å²) in [6.45, 7) is 0.0492. The van der Waals surface area contributed by atoms with Gasteiger partial charge in [0, 0.05) is 0 Å². The molecule has 164 valence electrons. The van der Waals surface area contributed by atoms with Gasteiger partial charge in [-0.05, 0) is 34.7 Å². The van der Waals surface area contributed by atoms with Crippen LogP contribution in [0.4, 0.5) is 13.2 Å². The fourth-order valence-corrected chi connectivity index (χ4v) is 3.77. The van der Waals surface area contributed by atoms with Crippen LogP contribution in [-0.2, 0) is 19.1 Å². The normalized spacial score (nSPS) is 11.2. The zero-order valence-corrected chi connectivity index (χ0v) is 17.5. The van der Waals surface area contributed by atoms with Gasteiger partial charge in [0.15, 0.2) is 0 Å². The molecule has 3 aromatic carbocycles. The highest BCUT2D eigenvalue weighted by Crippen LogP contribution is 2.34. The van der Waals surface area contributed by atoms with Crippen molar-refractivity contribution in [1.82, 2.24) is 4.57 Å². The van der Waals surface area contributed by atoms with E-state index in [0.717, 1.165) is 22.8 Å². The largest absolute Gasteiger partial charge is 0.417 e. The molecule has 4 aromatic rings. The van der Waals surface area contributed by atoms with Gasteiger partial charge in [0.25, 0.3) is 5.56 Å². The van der Waals surface area contributed by atoms with Crippen molar-refractivity contribution in [3.8, 4) is 17.3 Å². The second-order valence-electron chi connectivity index (χ2n) is 7.66. The predicted octanol–water partition coefficient (Wildman–Crippen LogP) is 6.04. The predicted molar refractivity (Wildman–Crippen MR) is 121 cm³/mol. The van der Waals surface area contributed by atoms with E-state index in [4.69, 9.17) is 0 Å². The molecule has 0 amide bonds. The molecule has 0 spiro atoms. The molecule has 3 nitrogen and oxygen atoms in total. The number of pyridine rings is 1. The highest BCUT2D eigenvalue weighted by Gasteiger charge is 2.36. The first kappa shape index (κ1) is 22.1. The average molecular weight is 444 g/mol. The molecule has 0 saturated carbocycles. The molecule has 0 aliphatic rings. The molecule has 0 fully saturated rings. The summed E-state index contributed by atoms with van der Waals surface area (Å²) in [6, 6.07) is 28.2. The van der Waals surface area contributed by atoms with E-state index in [1.807, 2.05) is 48.5 Å². The fourth-order valence-electron chi connectivity index (χ4n) is 3.77. The molecule has 0 N–H and O–H groups in total. The lowest BCUT2D eigenvalue weighted by molar-refractivity contribution is -0.137. The molecule has 0 unspecified atom stereocenters. The number of halogens is 3. The van der Waals surface area contributed by atoms with Crippen molar-refractivity contribution in [2.75, 3.05) is 0 Å². The van der Waals surface area contributed by atoms with Crippen molar-refractivity contribution < 1.29 is 13.2 Å². The van der Waals surface area contributed by atoms with Crippen LogP contribution in [0.5, 0.6) is 0 Å². The Hall–Kier alpha value is -4.11. The lowest BCUT2D eigenvalue weighted by Crippen LogP contribution is -2.28. The smallest absolute Gasteiger partial charge is 0.303 e. The second kappa shape index (κ2) is 9.17. The van der Waals surface area contributed by atoms with Crippen LogP contribution < -0.4 is 5.56 Å². The zero-order chi connectivity index (χ0) is 23.4. The Balaban J connectivity index is 1.82. The van der Waals surface area contributed by atoms with Gasteiger partial charge < -0.3 is 4.57 Å². The number of nitriles is 1. The van der Waals surface area contributed by atoms with Crippen LogP contribution in [0.25, 0.3) is 11.3 Å². The summed E-state index contributed by atoms with van der Waals surface area (Å²) in [5.41, 5.74) is 0.349. The summed E-state index contributed by atoms with van der Waals surface area (Å²) >= 11 is 0. The van der Waals surface area contributed by atoms with Crippen molar-refractivity contribution in [3.63, 3.8) is 0 Å². The molecule has 1 aromatic heterocycles. The van der Waals surface area contributed by atoms with E-state index >= 15 is 0 Å². The maximum atomic E-state index is 13.7. The standard InChI is InChI=1S/C27H19F3N2O/c28-27(29,30)24-16-25(22-13-11-20(12-14-22)15-19-7-3-1-4-8-19)32(26(33)23(24)17-31)18-21-9-5-2-6-10-21/h1-14,16H,15,18H2. The Morgan fingerprint density at radius 3 is 1.88 bits per heavy atom. The number of alkyl halides is 3. The Morgan fingerprint density at radius 1 is 0.788 bits per heavy atom. The molecular formula is C27H19F3N2O. The maximum absolute atomic E-state index is 13.7. The first-order chi connectivity index (χ1) is 15.9. The van der Waals surface area contributed by atoms with Crippen LogP contribution in [0.1, 0.15) is 27.8 Å². The lowest BCUT2D eigenvalue weighted by Gasteiger charge is -2.18. The van der Waals surface area contributed by atoms with Gasteiger partial charge in [0.2, 0.25) is 0 Å². The molecule has 4 rings (SSSR count). The minimum absolute atomic E-state index is 0.0492. The lowest BCUT2D eigenvalue weighted by atomic mass is 10.00. The van der Waals surface area contributed by atoms with Gasteiger partial charge in [-0.1, -0.05) is 84.9 Å². The average Bonchev–Trinajstić information content (AvgIpc) is 2.81. The Bertz CT molecular complexity index is 1350. The quantitative estimate of drug-likeness (QED) is 0.376. The van der Waals surface area contributed by atoms with Crippen molar-refractivity contribution >= 4 is 0 Å². The van der Waals surface area contributed by atoms with Crippen LogP contribution >= 0.6 is 0 Å². The highest BCUT2D eigenvalue weighted by atomic mass is 19.4. The third-order valence-electron chi connectivity index (χ3n) is 5.40. The number of hydrogen-bond donors (Lipinski definition) is 0. The molecule has 0 saturated heterocycles. The van der Waals surface area contributed by atoms with E-state index in [1.54, 1.807) is 36.4 Å². The van der Waals surface area contributed by atoms with Crippen LogP contribution in [-0.4, -0.2) is 4.57 Å². The number of hydrogen-bond acceptors (Lipinski definition) is 2. The Kier molecular flexibility index (Phi) is 6.14. The van der Waals surface area contributed by atoms with Gasteiger partial charge in [0.05, 0.1) is 17.8 Å². The molecule has 0 aliphatic heterocycles. The SMILES string of the molecule is N#Cc1c(C(F)(F)F)cc(-c2ccc(Cc3ccccc3)cc2)n(Cc2ccccc2)c1=O. The first-order valence-corrected chi connectivity index (χ1v) is 10.3. The second-order valence-corrected chi connectivity index (χ2v) is 7.66. The van der Waals surface area contributed by atoms with Gasteiger partial charge in [-0.3, -0.25) is 4.79 Å². The molecule has 6 heteroatoms. The summed E-state index contributed by atoms with van der Waals surface area (Å²) in [6.07, 6.45) is -4.14.